The van der Waals surface area contributed by atoms with E-state index < -0.39 is 47.7 Å². The van der Waals surface area contributed by atoms with Crippen LogP contribution in [-0.4, -0.2) is 77.3 Å². The van der Waals surface area contributed by atoms with E-state index >= 15 is 0 Å². The van der Waals surface area contributed by atoms with Crippen LogP contribution in [-0.2, 0) is 4.74 Å². The van der Waals surface area contributed by atoms with Gasteiger partial charge in [0.05, 0.1) is 26.9 Å². The Bertz CT molecular complexity index is 675. The molecule has 2 rings (SSSR count). The van der Waals surface area contributed by atoms with Gasteiger partial charge in [0.1, 0.15) is 35.9 Å². The molecule has 0 aromatic heterocycles. The Morgan fingerprint density at radius 1 is 1.14 bits per heavy atom. The van der Waals surface area contributed by atoms with E-state index in [2.05, 4.69) is 17.9 Å². The third kappa shape index (κ3) is 4.97. The van der Waals surface area contributed by atoms with Gasteiger partial charge in [0, 0.05) is 16.4 Å². The number of ether oxygens (including phenoxy) is 3. The molecule has 0 saturated carbocycles. The van der Waals surface area contributed by atoms with Crippen LogP contribution in [0.5, 0.6) is 11.5 Å². The van der Waals surface area contributed by atoms with E-state index in [1.165, 1.54) is 26.4 Å². The zero-order valence-corrected chi connectivity index (χ0v) is 18.1. The Balaban J connectivity index is 2.32. The fraction of sp³-hybridized carbons (Fsp3) is 0.650. The van der Waals surface area contributed by atoms with Gasteiger partial charge < -0.3 is 34.8 Å². The first-order chi connectivity index (χ1) is 13.7. The number of aliphatic hydroxyl groups is 3. The number of amides is 1. The van der Waals surface area contributed by atoms with Gasteiger partial charge in [-0.15, -0.1) is 0 Å². The molecule has 164 valence electrons. The van der Waals surface area contributed by atoms with Gasteiger partial charge >= 0.3 is 0 Å². The average Bonchev–Trinajstić information content (AvgIpc) is 2.75. The Kier molecular flexibility index (Phi) is 8.18. The summed E-state index contributed by atoms with van der Waals surface area (Å²) in [5.74, 6) is 0.334. The molecule has 0 spiro atoms. The Morgan fingerprint density at radius 2 is 1.69 bits per heavy atom. The maximum absolute atomic E-state index is 12.9. The molecule has 1 fully saturated rings. The number of carbonyl (C=O) groups excluding carboxylic acids is 1. The summed E-state index contributed by atoms with van der Waals surface area (Å²) in [6.07, 6.45) is -3.08. The minimum absolute atomic E-state index is 0.243. The van der Waals surface area contributed by atoms with Gasteiger partial charge in [-0.3, -0.25) is 4.79 Å². The lowest BCUT2D eigenvalue weighted by Gasteiger charge is -2.48. The van der Waals surface area contributed by atoms with Crippen molar-refractivity contribution < 1.29 is 34.3 Å². The van der Waals surface area contributed by atoms with E-state index in [9.17, 15) is 20.1 Å². The summed E-state index contributed by atoms with van der Waals surface area (Å²) in [6.45, 7) is 3.38. The number of hydrogen-bond acceptors (Lipinski definition) is 8. The van der Waals surface area contributed by atoms with Gasteiger partial charge in [-0.25, -0.2) is 0 Å². The number of nitrogens with one attached hydrogen (secondary N) is 1. The molecule has 1 amide bonds. The highest BCUT2D eigenvalue weighted by Gasteiger charge is 2.51. The van der Waals surface area contributed by atoms with Gasteiger partial charge in [0.2, 0.25) is 0 Å². The van der Waals surface area contributed by atoms with Crippen molar-refractivity contribution in [1.29, 1.82) is 0 Å². The average molecular weight is 430 g/mol. The molecule has 3 unspecified atom stereocenters. The predicted molar refractivity (Wildman–Crippen MR) is 111 cm³/mol. The minimum Gasteiger partial charge on any atom is -0.497 e. The van der Waals surface area contributed by atoms with Crippen LogP contribution in [0, 0.1) is 0 Å². The third-order valence-electron chi connectivity index (χ3n) is 5.59. The molecule has 1 saturated heterocycles. The Labute approximate surface area is 176 Å². The second-order valence-corrected chi connectivity index (χ2v) is 8.06. The molecule has 0 aliphatic carbocycles. The van der Waals surface area contributed by atoms with Gasteiger partial charge in [-0.1, -0.05) is 13.8 Å². The number of thiol groups is 1. The van der Waals surface area contributed by atoms with Crippen LogP contribution in [0.3, 0.4) is 0 Å². The number of methoxy groups -OCH3 is 2. The van der Waals surface area contributed by atoms with E-state index in [1.807, 2.05) is 13.8 Å². The molecule has 1 aromatic rings. The molecule has 8 nitrogen and oxygen atoms in total. The van der Waals surface area contributed by atoms with Crippen molar-refractivity contribution in [3.63, 3.8) is 0 Å². The monoisotopic (exact) mass is 429 g/mol. The zero-order valence-electron chi connectivity index (χ0n) is 17.2. The Hall–Kier alpha value is -1.52. The summed E-state index contributed by atoms with van der Waals surface area (Å²) in [6, 6.07) is 3.63. The third-order valence-corrected chi connectivity index (χ3v) is 6.48. The maximum Gasteiger partial charge on any atom is 0.251 e. The summed E-state index contributed by atoms with van der Waals surface area (Å²) >= 11 is 4.69. The van der Waals surface area contributed by atoms with E-state index in [0.29, 0.717) is 24.3 Å². The molecular formula is C20H31NO7S. The van der Waals surface area contributed by atoms with Crippen LogP contribution in [0.15, 0.2) is 18.2 Å². The number of benzene rings is 1. The lowest BCUT2D eigenvalue weighted by molar-refractivity contribution is -0.202. The SMILES string of the molecule is CCC(S)(CC)[C@@H]1OC(CO)[C@H](O)C(NC(=O)c2cc(OC)cc(OC)c2)C1O. The fourth-order valence-electron chi connectivity index (χ4n) is 3.56. The molecule has 1 aromatic carbocycles. The van der Waals surface area contributed by atoms with Crippen molar-refractivity contribution in [3.05, 3.63) is 23.8 Å². The van der Waals surface area contributed by atoms with Gasteiger partial charge in [-0.2, -0.15) is 12.6 Å². The van der Waals surface area contributed by atoms with Crippen LogP contribution >= 0.6 is 12.6 Å². The summed E-state index contributed by atoms with van der Waals surface area (Å²) < 4.78 is 15.5. The smallest absolute Gasteiger partial charge is 0.251 e. The molecular weight excluding hydrogens is 398 g/mol. The van der Waals surface area contributed by atoms with Crippen LogP contribution < -0.4 is 14.8 Å². The first-order valence-electron chi connectivity index (χ1n) is 9.63. The topological polar surface area (TPSA) is 117 Å². The number of rotatable bonds is 8. The van der Waals surface area contributed by atoms with Crippen LogP contribution in [0.25, 0.3) is 0 Å². The van der Waals surface area contributed by atoms with Gasteiger partial charge in [0.25, 0.3) is 5.91 Å². The zero-order chi connectivity index (χ0) is 21.8. The first-order valence-corrected chi connectivity index (χ1v) is 10.1. The lowest BCUT2D eigenvalue weighted by Crippen LogP contribution is -2.68. The summed E-state index contributed by atoms with van der Waals surface area (Å²) in [4.78, 5) is 12.9. The number of aliphatic hydroxyl groups excluding tert-OH is 3. The first kappa shape index (κ1) is 23.8. The van der Waals surface area contributed by atoms with Crippen LogP contribution in [0.4, 0.5) is 0 Å². The Morgan fingerprint density at radius 3 is 2.14 bits per heavy atom. The molecule has 1 aliphatic heterocycles. The van der Waals surface area contributed by atoms with Crippen molar-refractivity contribution in [3.8, 4) is 11.5 Å². The molecule has 4 N–H and O–H groups in total. The number of hydrogen-bond donors (Lipinski definition) is 5. The molecule has 9 heteroatoms. The highest BCUT2D eigenvalue weighted by atomic mass is 32.1. The maximum atomic E-state index is 12.9. The lowest BCUT2D eigenvalue weighted by atomic mass is 9.83. The summed E-state index contributed by atoms with van der Waals surface area (Å²) in [5.41, 5.74) is 0.243. The van der Waals surface area contributed by atoms with Crippen LogP contribution in [0.1, 0.15) is 37.0 Å². The quantitative estimate of drug-likeness (QED) is 0.388. The molecule has 1 heterocycles. The van der Waals surface area contributed by atoms with E-state index in [1.54, 1.807) is 6.07 Å². The summed E-state index contributed by atoms with van der Waals surface area (Å²) in [5, 5.41) is 33.8. The normalized spacial score (nSPS) is 27.4. The molecule has 29 heavy (non-hydrogen) atoms. The van der Waals surface area contributed by atoms with E-state index in [4.69, 9.17) is 14.2 Å². The number of carbonyl (C=O) groups is 1. The van der Waals surface area contributed by atoms with Crippen molar-refractivity contribution in [2.24, 2.45) is 0 Å². The highest BCUT2D eigenvalue weighted by Crippen LogP contribution is 2.37. The molecule has 0 radical (unpaired) electrons. The summed E-state index contributed by atoms with van der Waals surface area (Å²) in [7, 11) is 2.95. The minimum atomic E-state index is -1.30. The second kappa shape index (κ2) is 9.99. The van der Waals surface area contributed by atoms with Gasteiger partial charge in [0.15, 0.2) is 0 Å². The van der Waals surface area contributed by atoms with Crippen molar-refractivity contribution in [2.75, 3.05) is 20.8 Å². The predicted octanol–water partition coefficient (Wildman–Crippen LogP) is 0.772. The highest BCUT2D eigenvalue weighted by molar-refractivity contribution is 7.81. The molecule has 0 bridgehead atoms. The standard InChI is InChI=1S/C20H31NO7S/c1-5-20(29,6-2)18-17(24)15(16(23)14(10-22)28-18)21-19(25)11-7-12(26-3)9-13(8-11)27-4/h7-9,14-18,22-24,29H,5-6,10H2,1-4H3,(H,21,25)/t14?,15?,16-,17?,18+/m0/s1. The van der Waals surface area contributed by atoms with Crippen molar-refractivity contribution >= 4 is 18.5 Å². The molecule has 5 atom stereocenters. The van der Waals surface area contributed by atoms with Gasteiger partial charge in [-0.05, 0) is 25.0 Å². The fourth-order valence-corrected chi connectivity index (χ4v) is 3.78. The largest absolute Gasteiger partial charge is 0.497 e. The molecule has 1 aliphatic rings. The van der Waals surface area contributed by atoms with E-state index in [-0.39, 0.29) is 5.56 Å². The van der Waals surface area contributed by atoms with Crippen molar-refractivity contribution in [1.82, 2.24) is 5.32 Å². The van der Waals surface area contributed by atoms with Crippen molar-refractivity contribution in [2.45, 2.75) is 61.9 Å². The van der Waals surface area contributed by atoms with Crippen LogP contribution in [0.2, 0.25) is 0 Å². The second-order valence-electron chi connectivity index (χ2n) is 7.17. The van der Waals surface area contributed by atoms with E-state index in [0.717, 1.165) is 0 Å².